The second kappa shape index (κ2) is 8.14. The minimum absolute atomic E-state index is 0.241. The zero-order valence-electron chi connectivity index (χ0n) is 10.5. The van der Waals surface area contributed by atoms with Crippen LogP contribution in [0.2, 0.25) is 0 Å². The van der Waals surface area contributed by atoms with Gasteiger partial charge in [0.25, 0.3) is 0 Å². The summed E-state index contributed by atoms with van der Waals surface area (Å²) in [4.78, 5) is 2.70. The van der Waals surface area contributed by atoms with Crippen LogP contribution in [-0.2, 0) is 0 Å². The van der Waals surface area contributed by atoms with E-state index in [0.717, 1.165) is 6.42 Å². The van der Waals surface area contributed by atoms with Crippen LogP contribution in [0.1, 0.15) is 67.0 Å². The van der Waals surface area contributed by atoms with Crippen molar-refractivity contribution in [3.63, 3.8) is 0 Å². The Balaban J connectivity index is 2.09. The lowest BCUT2D eigenvalue weighted by molar-refractivity contribution is 0.586. The van der Waals surface area contributed by atoms with Crippen molar-refractivity contribution in [2.45, 2.75) is 64.2 Å². The van der Waals surface area contributed by atoms with Gasteiger partial charge in [-0.15, -0.1) is 22.9 Å². The molecule has 0 fully saturated rings. The average molecular weight is 259 g/mol. The summed E-state index contributed by atoms with van der Waals surface area (Å²) in [7, 11) is 0. The van der Waals surface area contributed by atoms with Crippen molar-refractivity contribution < 1.29 is 0 Å². The molecular formula is C14H23ClS. The molecule has 0 aliphatic rings. The van der Waals surface area contributed by atoms with Gasteiger partial charge in [0.05, 0.1) is 5.38 Å². The summed E-state index contributed by atoms with van der Waals surface area (Å²) >= 11 is 8.21. The summed E-state index contributed by atoms with van der Waals surface area (Å²) in [6, 6.07) is 4.34. The first-order valence-electron chi connectivity index (χ1n) is 6.44. The van der Waals surface area contributed by atoms with E-state index in [2.05, 4.69) is 26.0 Å². The van der Waals surface area contributed by atoms with Crippen LogP contribution < -0.4 is 0 Å². The van der Waals surface area contributed by atoms with Gasteiger partial charge in [-0.1, -0.05) is 45.4 Å². The molecule has 0 aromatic carbocycles. The van der Waals surface area contributed by atoms with Gasteiger partial charge in [0.2, 0.25) is 0 Å². The predicted octanol–water partition coefficient (Wildman–Crippen LogP) is 6.09. The Morgan fingerprint density at radius 2 is 1.81 bits per heavy atom. The predicted molar refractivity (Wildman–Crippen MR) is 75.6 cm³/mol. The smallest absolute Gasteiger partial charge is 0.0678 e. The number of halogens is 1. The lowest BCUT2D eigenvalue weighted by atomic mass is 10.1. The summed E-state index contributed by atoms with van der Waals surface area (Å²) in [6.45, 7) is 4.40. The van der Waals surface area contributed by atoms with Crippen LogP contribution in [-0.4, -0.2) is 0 Å². The van der Waals surface area contributed by atoms with Crippen LogP contribution >= 0.6 is 22.9 Å². The Bertz CT molecular complexity index is 280. The molecule has 0 N–H and O–H groups in total. The molecule has 1 heterocycles. The topological polar surface area (TPSA) is 0 Å². The third-order valence-electron chi connectivity index (χ3n) is 2.88. The molecule has 92 valence electrons. The summed E-state index contributed by atoms with van der Waals surface area (Å²) in [5.41, 5.74) is 0. The van der Waals surface area contributed by atoms with E-state index in [1.54, 1.807) is 0 Å². The van der Waals surface area contributed by atoms with Gasteiger partial charge in [0, 0.05) is 9.75 Å². The van der Waals surface area contributed by atoms with E-state index < -0.39 is 0 Å². The summed E-state index contributed by atoms with van der Waals surface area (Å²) < 4.78 is 0. The molecule has 2 heteroatoms. The molecule has 1 unspecified atom stereocenters. The number of aryl methyl sites for hydroxylation is 1. The Morgan fingerprint density at radius 3 is 2.44 bits per heavy atom. The van der Waals surface area contributed by atoms with Crippen LogP contribution in [0.4, 0.5) is 0 Å². The SMILES string of the molecule is CCCCCCCCC(Cl)c1ccc(C)s1. The first kappa shape index (κ1) is 14.1. The average Bonchev–Trinajstić information content (AvgIpc) is 2.70. The monoisotopic (exact) mass is 258 g/mol. The molecule has 1 aromatic rings. The molecule has 0 nitrogen and oxygen atoms in total. The second-order valence-electron chi connectivity index (χ2n) is 4.47. The fraction of sp³-hybridized carbons (Fsp3) is 0.714. The van der Waals surface area contributed by atoms with Gasteiger partial charge in [-0.3, -0.25) is 0 Å². The van der Waals surface area contributed by atoms with Gasteiger partial charge < -0.3 is 0 Å². The zero-order chi connectivity index (χ0) is 11.8. The highest BCUT2D eigenvalue weighted by atomic mass is 35.5. The van der Waals surface area contributed by atoms with Crippen molar-refractivity contribution in [2.24, 2.45) is 0 Å². The minimum atomic E-state index is 0.241. The Morgan fingerprint density at radius 1 is 1.12 bits per heavy atom. The lowest BCUT2D eigenvalue weighted by Gasteiger charge is -2.06. The lowest BCUT2D eigenvalue weighted by Crippen LogP contribution is -1.87. The van der Waals surface area contributed by atoms with E-state index in [1.807, 2.05) is 11.3 Å². The number of alkyl halides is 1. The van der Waals surface area contributed by atoms with E-state index in [4.69, 9.17) is 11.6 Å². The standard InChI is InChI=1S/C14H23ClS/c1-3-4-5-6-7-8-9-13(15)14-11-10-12(2)16-14/h10-11,13H,3-9H2,1-2H3. The van der Waals surface area contributed by atoms with Gasteiger partial charge in [-0.05, 0) is 25.5 Å². The normalized spacial score (nSPS) is 12.9. The number of hydrogen-bond acceptors (Lipinski definition) is 1. The second-order valence-corrected chi connectivity index (χ2v) is 6.32. The molecule has 1 rings (SSSR count). The van der Waals surface area contributed by atoms with E-state index in [9.17, 15) is 0 Å². The highest BCUT2D eigenvalue weighted by Gasteiger charge is 2.09. The molecule has 1 aromatic heterocycles. The molecular weight excluding hydrogens is 236 g/mol. The van der Waals surface area contributed by atoms with E-state index in [1.165, 1.54) is 48.3 Å². The maximum Gasteiger partial charge on any atom is 0.0678 e. The number of rotatable bonds is 8. The van der Waals surface area contributed by atoms with Crippen LogP contribution in [0.25, 0.3) is 0 Å². The highest BCUT2D eigenvalue weighted by Crippen LogP contribution is 2.31. The third kappa shape index (κ3) is 5.36. The Hall–Kier alpha value is -0.0100. The van der Waals surface area contributed by atoms with Gasteiger partial charge in [0.1, 0.15) is 0 Å². The maximum atomic E-state index is 6.37. The van der Waals surface area contributed by atoms with Gasteiger partial charge in [0.15, 0.2) is 0 Å². The first-order chi connectivity index (χ1) is 7.74. The Labute approximate surface area is 109 Å². The molecule has 0 bridgehead atoms. The van der Waals surface area contributed by atoms with Crippen molar-refractivity contribution >= 4 is 22.9 Å². The molecule has 0 saturated heterocycles. The van der Waals surface area contributed by atoms with Crippen LogP contribution in [0, 0.1) is 6.92 Å². The Kier molecular flexibility index (Phi) is 7.15. The molecule has 0 aliphatic carbocycles. The highest BCUT2D eigenvalue weighted by molar-refractivity contribution is 7.12. The van der Waals surface area contributed by atoms with Crippen LogP contribution in [0.5, 0.6) is 0 Å². The number of hydrogen-bond donors (Lipinski definition) is 0. The molecule has 1 atom stereocenters. The van der Waals surface area contributed by atoms with Crippen molar-refractivity contribution in [3.05, 3.63) is 21.9 Å². The largest absolute Gasteiger partial charge is 0.144 e. The van der Waals surface area contributed by atoms with Crippen molar-refractivity contribution in [1.82, 2.24) is 0 Å². The third-order valence-corrected chi connectivity index (χ3v) is 4.58. The van der Waals surface area contributed by atoms with Gasteiger partial charge in [-0.25, -0.2) is 0 Å². The summed E-state index contributed by atoms with van der Waals surface area (Å²) in [5, 5.41) is 0.241. The maximum absolute atomic E-state index is 6.37. The molecule has 0 radical (unpaired) electrons. The molecule has 0 aliphatic heterocycles. The molecule has 0 amide bonds. The molecule has 16 heavy (non-hydrogen) atoms. The van der Waals surface area contributed by atoms with Crippen LogP contribution in [0.3, 0.4) is 0 Å². The quantitative estimate of drug-likeness (QED) is 0.391. The fourth-order valence-corrected chi connectivity index (χ4v) is 3.12. The zero-order valence-corrected chi connectivity index (χ0v) is 12.0. The summed E-state index contributed by atoms with van der Waals surface area (Å²) in [5.74, 6) is 0. The van der Waals surface area contributed by atoms with E-state index in [-0.39, 0.29) is 5.38 Å². The molecule has 0 saturated carbocycles. The van der Waals surface area contributed by atoms with E-state index in [0.29, 0.717) is 0 Å². The molecule has 0 spiro atoms. The van der Waals surface area contributed by atoms with E-state index >= 15 is 0 Å². The van der Waals surface area contributed by atoms with Crippen molar-refractivity contribution in [2.75, 3.05) is 0 Å². The fourth-order valence-electron chi connectivity index (χ4n) is 1.87. The number of unbranched alkanes of at least 4 members (excludes halogenated alkanes) is 5. The summed E-state index contributed by atoms with van der Waals surface area (Å²) in [6.07, 6.45) is 9.22. The van der Waals surface area contributed by atoms with Gasteiger partial charge in [-0.2, -0.15) is 0 Å². The minimum Gasteiger partial charge on any atom is -0.144 e. The van der Waals surface area contributed by atoms with Crippen LogP contribution in [0.15, 0.2) is 12.1 Å². The number of thiophene rings is 1. The van der Waals surface area contributed by atoms with Gasteiger partial charge >= 0.3 is 0 Å². The van der Waals surface area contributed by atoms with Crippen molar-refractivity contribution in [3.8, 4) is 0 Å². The first-order valence-corrected chi connectivity index (χ1v) is 7.69. The van der Waals surface area contributed by atoms with Crippen molar-refractivity contribution in [1.29, 1.82) is 0 Å².